The number of nitrogens with zero attached hydrogens (tertiary/aromatic N) is 3. The molecule has 1 aromatic carbocycles. The van der Waals surface area contributed by atoms with Crippen LogP contribution in [0, 0.1) is 11.3 Å². The van der Waals surface area contributed by atoms with Gasteiger partial charge < -0.3 is 4.90 Å². The van der Waals surface area contributed by atoms with Crippen LogP contribution >= 0.6 is 0 Å². The molecule has 1 rings (SSSR count). The van der Waals surface area contributed by atoms with Crippen LogP contribution in [-0.4, -0.2) is 43.5 Å². The van der Waals surface area contributed by atoms with Crippen LogP contribution in [0.5, 0.6) is 0 Å². The van der Waals surface area contributed by atoms with E-state index in [0.29, 0.717) is 0 Å². The second-order valence-corrected chi connectivity index (χ2v) is 4.48. The average molecular weight is 231 g/mol. The highest BCUT2D eigenvalue weighted by molar-refractivity contribution is 5.32. The number of rotatable bonds is 6. The van der Waals surface area contributed by atoms with E-state index in [9.17, 15) is 0 Å². The normalized spacial score (nSPS) is 10.8. The van der Waals surface area contributed by atoms with Crippen LogP contribution in [0.1, 0.15) is 18.1 Å². The Balaban J connectivity index is 2.58. The van der Waals surface area contributed by atoms with E-state index in [2.05, 4.69) is 43.0 Å². The predicted molar refractivity (Wildman–Crippen MR) is 70.7 cm³/mol. The summed E-state index contributed by atoms with van der Waals surface area (Å²) in [5, 5.41) is 8.86. The fourth-order valence-electron chi connectivity index (χ4n) is 1.69. The summed E-state index contributed by atoms with van der Waals surface area (Å²) < 4.78 is 0. The number of likely N-dealkylation sites (N-methyl/N-ethyl adjacent to an activating group) is 2. The molecule has 0 bridgehead atoms. The quantitative estimate of drug-likeness (QED) is 0.749. The minimum absolute atomic E-state index is 0.742. The van der Waals surface area contributed by atoms with Gasteiger partial charge in [-0.25, -0.2) is 0 Å². The van der Waals surface area contributed by atoms with Gasteiger partial charge in [-0.15, -0.1) is 0 Å². The highest BCUT2D eigenvalue weighted by Gasteiger charge is 2.04. The lowest BCUT2D eigenvalue weighted by Gasteiger charge is -2.22. The molecule has 92 valence electrons. The smallest absolute Gasteiger partial charge is 0.0991 e. The van der Waals surface area contributed by atoms with Gasteiger partial charge in [-0.2, -0.15) is 5.26 Å². The van der Waals surface area contributed by atoms with Gasteiger partial charge in [-0.1, -0.05) is 19.1 Å². The molecule has 3 nitrogen and oxygen atoms in total. The highest BCUT2D eigenvalue weighted by atomic mass is 15.2. The van der Waals surface area contributed by atoms with E-state index < -0.39 is 0 Å². The van der Waals surface area contributed by atoms with Gasteiger partial charge in [0, 0.05) is 19.6 Å². The first-order valence-electron chi connectivity index (χ1n) is 6.01. The summed E-state index contributed by atoms with van der Waals surface area (Å²) in [5.41, 5.74) is 1.95. The molecule has 17 heavy (non-hydrogen) atoms. The molecular weight excluding hydrogens is 210 g/mol. The average Bonchev–Trinajstić information content (AvgIpc) is 2.34. The Kier molecular flexibility index (Phi) is 5.68. The van der Waals surface area contributed by atoms with Crippen molar-refractivity contribution in [3.05, 3.63) is 35.4 Å². The largest absolute Gasteiger partial charge is 0.308 e. The molecule has 0 aromatic heterocycles. The van der Waals surface area contributed by atoms with Crippen LogP contribution in [0.2, 0.25) is 0 Å². The van der Waals surface area contributed by atoms with Crippen molar-refractivity contribution in [2.45, 2.75) is 13.5 Å². The second-order valence-electron chi connectivity index (χ2n) is 4.48. The van der Waals surface area contributed by atoms with Crippen LogP contribution in [-0.2, 0) is 6.54 Å². The predicted octanol–water partition coefficient (Wildman–Crippen LogP) is 1.94. The number of hydrogen-bond acceptors (Lipinski definition) is 3. The lowest BCUT2D eigenvalue weighted by molar-refractivity contribution is 0.244. The SMILES string of the molecule is CCN(CCN(C)C)Cc1cccc(C#N)c1. The van der Waals surface area contributed by atoms with Gasteiger partial charge in [0.15, 0.2) is 0 Å². The summed E-state index contributed by atoms with van der Waals surface area (Å²) in [6, 6.07) is 10.0. The Morgan fingerprint density at radius 2 is 2.00 bits per heavy atom. The van der Waals surface area contributed by atoms with Crippen molar-refractivity contribution in [2.75, 3.05) is 33.7 Å². The van der Waals surface area contributed by atoms with E-state index >= 15 is 0 Å². The van der Waals surface area contributed by atoms with Crippen molar-refractivity contribution in [1.29, 1.82) is 5.26 Å². The maximum atomic E-state index is 8.86. The van der Waals surface area contributed by atoms with Crippen LogP contribution in [0.3, 0.4) is 0 Å². The maximum absolute atomic E-state index is 8.86. The second kappa shape index (κ2) is 7.05. The Morgan fingerprint density at radius 3 is 2.59 bits per heavy atom. The first-order chi connectivity index (χ1) is 8.15. The Bertz CT molecular complexity index is 379. The van der Waals surface area contributed by atoms with Crippen LogP contribution < -0.4 is 0 Å². The zero-order valence-corrected chi connectivity index (χ0v) is 11.0. The van der Waals surface area contributed by atoms with Crippen LogP contribution in [0.25, 0.3) is 0 Å². The third-order valence-electron chi connectivity index (χ3n) is 2.77. The molecule has 0 aliphatic carbocycles. The van der Waals surface area contributed by atoms with Gasteiger partial charge in [0.2, 0.25) is 0 Å². The first-order valence-corrected chi connectivity index (χ1v) is 6.01. The van der Waals surface area contributed by atoms with Crippen LogP contribution in [0.4, 0.5) is 0 Å². The summed E-state index contributed by atoms with van der Waals surface area (Å²) in [7, 11) is 4.17. The fraction of sp³-hybridized carbons (Fsp3) is 0.500. The van der Waals surface area contributed by atoms with Crippen molar-refractivity contribution in [3.8, 4) is 6.07 Å². The van der Waals surface area contributed by atoms with E-state index in [-0.39, 0.29) is 0 Å². The molecule has 0 saturated heterocycles. The van der Waals surface area contributed by atoms with E-state index in [0.717, 1.165) is 31.7 Å². The third kappa shape index (κ3) is 4.99. The Morgan fingerprint density at radius 1 is 1.24 bits per heavy atom. The van der Waals surface area contributed by atoms with E-state index in [4.69, 9.17) is 5.26 Å². The van der Waals surface area contributed by atoms with E-state index in [1.165, 1.54) is 5.56 Å². The number of hydrogen-bond donors (Lipinski definition) is 0. The lowest BCUT2D eigenvalue weighted by atomic mass is 10.1. The summed E-state index contributed by atoms with van der Waals surface area (Å²) in [5.74, 6) is 0. The molecule has 1 aromatic rings. The standard InChI is InChI=1S/C14H21N3/c1-4-17(9-8-16(2)3)12-14-7-5-6-13(10-14)11-15/h5-7,10H,4,8-9,12H2,1-3H3. The summed E-state index contributed by atoms with van der Waals surface area (Å²) >= 11 is 0. The molecule has 0 amide bonds. The summed E-state index contributed by atoms with van der Waals surface area (Å²) in [4.78, 5) is 4.57. The molecule has 0 aliphatic rings. The Hall–Kier alpha value is -1.37. The van der Waals surface area contributed by atoms with Crippen molar-refractivity contribution < 1.29 is 0 Å². The third-order valence-corrected chi connectivity index (χ3v) is 2.77. The molecule has 0 fully saturated rings. The molecule has 0 radical (unpaired) electrons. The van der Waals surface area contributed by atoms with Gasteiger partial charge in [0.1, 0.15) is 0 Å². The minimum Gasteiger partial charge on any atom is -0.308 e. The first kappa shape index (κ1) is 13.7. The van der Waals surface area contributed by atoms with Gasteiger partial charge in [0.05, 0.1) is 11.6 Å². The molecule has 0 atom stereocenters. The van der Waals surface area contributed by atoms with Gasteiger partial charge >= 0.3 is 0 Å². The summed E-state index contributed by atoms with van der Waals surface area (Å²) in [6.07, 6.45) is 0. The van der Waals surface area contributed by atoms with Gasteiger partial charge in [-0.05, 0) is 38.3 Å². The molecule has 0 saturated carbocycles. The molecule has 0 aliphatic heterocycles. The number of benzene rings is 1. The number of nitriles is 1. The lowest BCUT2D eigenvalue weighted by Crippen LogP contribution is -2.31. The maximum Gasteiger partial charge on any atom is 0.0991 e. The molecule has 3 heteroatoms. The van der Waals surface area contributed by atoms with E-state index in [1.807, 2.05) is 18.2 Å². The minimum atomic E-state index is 0.742. The van der Waals surface area contributed by atoms with Gasteiger partial charge in [-0.3, -0.25) is 4.90 Å². The van der Waals surface area contributed by atoms with Gasteiger partial charge in [0.25, 0.3) is 0 Å². The summed E-state index contributed by atoms with van der Waals surface area (Å²) in [6.45, 7) is 6.24. The zero-order valence-electron chi connectivity index (χ0n) is 11.0. The monoisotopic (exact) mass is 231 g/mol. The molecule has 0 N–H and O–H groups in total. The molecule has 0 unspecified atom stereocenters. The van der Waals surface area contributed by atoms with Crippen LogP contribution in [0.15, 0.2) is 24.3 Å². The van der Waals surface area contributed by atoms with E-state index in [1.54, 1.807) is 0 Å². The fourth-order valence-corrected chi connectivity index (χ4v) is 1.69. The molecular formula is C14H21N3. The molecule has 0 spiro atoms. The topological polar surface area (TPSA) is 30.3 Å². The Labute approximate surface area is 104 Å². The van der Waals surface area contributed by atoms with Crippen molar-refractivity contribution in [3.63, 3.8) is 0 Å². The zero-order chi connectivity index (χ0) is 12.7. The van der Waals surface area contributed by atoms with Crippen molar-refractivity contribution in [2.24, 2.45) is 0 Å². The van der Waals surface area contributed by atoms with Crippen molar-refractivity contribution in [1.82, 2.24) is 9.80 Å². The highest BCUT2D eigenvalue weighted by Crippen LogP contribution is 2.07. The molecule has 0 heterocycles. The van der Waals surface area contributed by atoms with Crippen molar-refractivity contribution >= 4 is 0 Å².